The van der Waals surface area contributed by atoms with Gasteiger partial charge in [0.2, 0.25) is 5.91 Å². The summed E-state index contributed by atoms with van der Waals surface area (Å²) in [5.74, 6) is 0.942. The highest BCUT2D eigenvalue weighted by atomic mass is 35.5. The molecule has 1 aromatic heterocycles. The van der Waals surface area contributed by atoms with Gasteiger partial charge in [-0.25, -0.2) is 0 Å². The van der Waals surface area contributed by atoms with Crippen LogP contribution in [0.2, 0.25) is 15.1 Å². The van der Waals surface area contributed by atoms with Gasteiger partial charge < -0.3 is 14.2 Å². The zero-order chi connectivity index (χ0) is 23.5. The second-order valence-electron chi connectivity index (χ2n) is 7.34. The minimum Gasteiger partial charge on any atom is -0.457 e. The van der Waals surface area contributed by atoms with E-state index in [2.05, 4.69) is 0 Å². The second-order valence-corrected chi connectivity index (χ2v) is 8.53. The highest BCUT2D eigenvalue weighted by Gasteiger charge is 2.22. The monoisotopic (exact) mass is 505 g/mol. The number of anilines is 1. The Morgan fingerprint density at radius 1 is 1.00 bits per heavy atom. The van der Waals surface area contributed by atoms with E-state index in [9.17, 15) is 14.9 Å². The molecule has 1 fully saturated rings. The average Bonchev–Trinajstić information content (AvgIpc) is 3.28. The molecular formula is C23H18Cl3N3O4. The predicted molar refractivity (Wildman–Crippen MR) is 130 cm³/mol. The summed E-state index contributed by atoms with van der Waals surface area (Å²) in [6, 6.07) is 13.2. The summed E-state index contributed by atoms with van der Waals surface area (Å²) in [5, 5.41) is 12.1. The number of amides is 1. The molecule has 33 heavy (non-hydrogen) atoms. The molecule has 1 amide bonds. The predicted octanol–water partition coefficient (Wildman–Crippen LogP) is 6.18. The summed E-state index contributed by atoms with van der Waals surface area (Å²) in [4.78, 5) is 26.8. The van der Waals surface area contributed by atoms with Crippen molar-refractivity contribution >= 4 is 58.2 Å². The minimum atomic E-state index is -0.482. The Kier molecular flexibility index (Phi) is 6.93. The Morgan fingerprint density at radius 3 is 2.45 bits per heavy atom. The molecule has 0 aliphatic carbocycles. The minimum absolute atomic E-state index is 0.0542. The number of non-ortho nitro benzene ring substituents is 1. The molecule has 7 nitrogen and oxygen atoms in total. The first kappa shape index (κ1) is 23.2. The number of nitro groups is 1. The van der Waals surface area contributed by atoms with Crippen LogP contribution in [0.1, 0.15) is 5.76 Å². The Bertz CT molecular complexity index is 1230. The van der Waals surface area contributed by atoms with E-state index in [4.69, 9.17) is 39.2 Å². The van der Waals surface area contributed by atoms with E-state index in [1.807, 2.05) is 11.0 Å². The van der Waals surface area contributed by atoms with Crippen LogP contribution in [0.5, 0.6) is 0 Å². The van der Waals surface area contributed by atoms with Crippen LogP contribution in [-0.2, 0) is 4.79 Å². The van der Waals surface area contributed by atoms with Crippen molar-refractivity contribution in [3.63, 3.8) is 0 Å². The fraction of sp³-hybridized carbons (Fsp3) is 0.174. The quantitative estimate of drug-likeness (QED) is 0.235. The van der Waals surface area contributed by atoms with E-state index < -0.39 is 4.92 Å². The molecule has 0 unspecified atom stereocenters. The number of carbonyl (C=O) groups is 1. The average molecular weight is 507 g/mol. The van der Waals surface area contributed by atoms with Gasteiger partial charge in [-0.1, -0.05) is 40.9 Å². The van der Waals surface area contributed by atoms with Gasteiger partial charge in [-0.15, -0.1) is 0 Å². The third kappa shape index (κ3) is 5.16. The number of furan rings is 1. The topological polar surface area (TPSA) is 79.8 Å². The SMILES string of the molecule is O=C(C=Cc1ccc(-c2cccc(Cl)c2Cl)o1)N1CCN(c2ccc([N+](=O)[O-])cc2Cl)CC1. The molecule has 1 aliphatic rings. The molecule has 4 rings (SSSR count). The standard InChI is InChI=1S/C23H18Cl3N3O4/c24-18-3-1-2-17(23(18)26)21-8-5-16(33-21)6-9-22(30)28-12-10-27(11-13-28)20-7-4-15(29(31)32)14-19(20)25/h1-9,14H,10-13H2. The van der Waals surface area contributed by atoms with Crippen LogP contribution in [0, 0.1) is 10.1 Å². The van der Waals surface area contributed by atoms with Gasteiger partial charge in [0.25, 0.3) is 5.69 Å². The molecule has 0 bridgehead atoms. The van der Waals surface area contributed by atoms with Gasteiger partial charge in [0.15, 0.2) is 0 Å². The summed E-state index contributed by atoms with van der Waals surface area (Å²) < 4.78 is 5.79. The lowest BCUT2D eigenvalue weighted by Gasteiger charge is -2.36. The van der Waals surface area contributed by atoms with E-state index in [-0.39, 0.29) is 11.6 Å². The number of benzene rings is 2. The lowest BCUT2D eigenvalue weighted by molar-refractivity contribution is -0.384. The Hall–Kier alpha value is -3.00. The van der Waals surface area contributed by atoms with Crippen LogP contribution in [0.4, 0.5) is 11.4 Å². The zero-order valence-electron chi connectivity index (χ0n) is 17.2. The van der Waals surface area contributed by atoms with Crippen molar-refractivity contribution in [3.05, 3.63) is 85.5 Å². The van der Waals surface area contributed by atoms with Crippen molar-refractivity contribution in [1.82, 2.24) is 4.90 Å². The van der Waals surface area contributed by atoms with Crippen molar-refractivity contribution in [2.45, 2.75) is 0 Å². The Labute approximate surface area is 204 Å². The molecule has 0 spiro atoms. The molecule has 170 valence electrons. The first-order valence-corrected chi connectivity index (χ1v) is 11.2. The lowest BCUT2D eigenvalue weighted by atomic mass is 10.2. The molecule has 3 aromatic rings. The summed E-state index contributed by atoms with van der Waals surface area (Å²) >= 11 is 18.5. The number of piperazine rings is 1. The second kappa shape index (κ2) is 9.87. The lowest BCUT2D eigenvalue weighted by Crippen LogP contribution is -2.48. The molecule has 2 aromatic carbocycles. The van der Waals surface area contributed by atoms with Crippen LogP contribution < -0.4 is 4.90 Å². The van der Waals surface area contributed by atoms with Gasteiger partial charge in [-0.05, 0) is 36.4 Å². The number of nitrogens with zero attached hydrogens (tertiary/aromatic N) is 3. The molecule has 2 heterocycles. The maximum absolute atomic E-state index is 12.6. The molecule has 1 aliphatic heterocycles. The fourth-order valence-corrected chi connectivity index (χ4v) is 4.26. The van der Waals surface area contributed by atoms with Crippen molar-refractivity contribution in [1.29, 1.82) is 0 Å². The van der Waals surface area contributed by atoms with Gasteiger partial charge in [0.05, 0.1) is 25.7 Å². The van der Waals surface area contributed by atoms with Gasteiger partial charge in [0, 0.05) is 50.0 Å². The Morgan fingerprint density at radius 2 is 1.76 bits per heavy atom. The van der Waals surface area contributed by atoms with E-state index in [1.54, 1.807) is 41.3 Å². The molecule has 0 atom stereocenters. The maximum atomic E-state index is 12.6. The van der Waals surface area contributed by atoms with Crippen LogP contribution in [-0.4, -0.2) is 41.9 Å². The van der Waals surface area contributed by atoms with Crippen LogP contribution in [0.3, 0.4) is 0 Å². The number of rotatable bonds is 5. The largest absolute Gasteiger partial charge is 0.457 e. The number of hydrogen-bond acceptors (Lipinski definition) is 5. The smallest absolute Gasteiger partial charge is 0.271 e. The molecule has 0 saturated carbocycles. The number of halogens is 3. The first-order chi connectivity index (χ1) is 15.8. The summed E-state index contributed by atoms with van der Waals surface area (Å²) in [5.41, 5.74) is 1.34. The van der Waals surface area contributed by atoms with Crippen molar-refractivity contribution in [2.24, 2.45) is 0 Å². The van der Waals surface area contributed by atoms with E-state index in [1.165, 1.54) is 18.2 Å². The highest BCUT2D eigenvalue weighted by Crippen LogP contribution is 2.34. The molecule has 1 saturated heterocycles. The van der Waals surface area contributed by atoms with Gasteiger partial charge >= 0.3 is 0 Å². The number of nitro benzene ring substituents is 1. The molecule has 10 heteroatoms. The number of carbonyl (C=O) groups excluding carboxylic acids is 1. The summed E-state index contributed by atoms with van der Waals surface area (Å²) in [7, 11) is 0. The zero-order valence-corrected chi connectivity index (χ0v) is 19.5. The highest BCUT2D eigenvalue weighted by molar-refractivity contribution is 6.43. The van der Waals surface area contributed by atoms with E-state index in [0.29, 0.717) is 64.0 Å². The summed E-state index contributed by atoms with van der Waals surface area (Å²) in [6.07, 6.45) is 3.08. The molecular weight excluding hydrogens is 489 g/mol. The van der Waals surface area contributed by atoms with Gasteiger partial charge in [-0.3, -0.25) is 14.9 Å². The van der Waals surface area contributed by atoms with Crippen LogP contribution in [0.15, 0.2) is 59.0 Å². The van der Waals surface area contributed by atoms with Crippen molar-refractivity contribution in [2.75, 3.05) is 31.1 Å². The van der Waals surface area contributed by atoms with E-state index in [0.717, 1.165) is 0 Å². The van der Waals surface area contributed by atoms with E-state index >= 15 is 0 Å². The van der Waals surface area contributed by atoms with Crippen LogP contribution in [0.25, 0.3) is 17.4 Å². The normalized spacial score (nSPS) is 14.2. The van der Waals surface area contributed by atoms with Gasteiger partial charge in [0.1, 0.15) is 11.5 Å². The van der Waals surface area contributed by atoms with Gasteiger partial charge in [-0.2, -0.15) is 0 Å². The molecule has 0 N–H and O–H groups in total. The fourth-order valence-electron chi connectivity index (χ4n) is 3.57. The number of hydrogen-bond donors (Lipinski definition) is 0. The third-order valence-corrected chi connectivity index (χ3v) is 6.43. The van der Waals surface area contributed by atoms with Crippen molar-refractivity contribution in [3.8, 4) is 11.3 Å². The Balaban J connectivity index is 1.36. The van der Waals surface area contributed by atoms with Crippen molar-refractivity contribution < 1.29 is 14.1 Å². The first-order valence-electron chi connectivity index (χ1n) is 10.0. The maximum Gasteiger partial charge on any atom is 0.271 e. The van der Waals surface area contributed by atoms with Crippen LogP contribution >= 0.6 is 34.8 Å². The summed E-state index contributed by atoms with van der Waals surface area (Å²) in [6.45, 7) is 2.13. The molecule has 0 radical (unpaired) electrons. The third-order valence-electron chi connectivity index (χ3n) is 5.31.